The third kappa shape index (κ3) is 7.93. The van der Waals surface area contributed by atoms with Gasteiger partial charge in [0.1, 0.15) is 13.2 Å². The molecule has 0 bridgehead atoms. The van der Waals surface area contributed by atoms with E-state index in [0.717, 1.165) is 26.7 Å². The number of nitrogens with zero attached hydrogens (tertiary/aromatic N) is 1. The van der Waals surface area contributed by atoms with Crippen LogP contribution < -0.4 is 14.8 Å². The lowest BCUT2D eigenvalue weighted by molar-refractivity contribution is -0.127. The highest BCUT2D eigenvalue weighted by Gasteiger charge is 2.36. The summed E-state index contributed by atoms with van der Waals surface area (Å²) < 4.78 is 17.4. The fourth-order valence-corrected chi connectivity index (χ4v) is 5.10. The van der Waals surface area contributed by atoms with Crippen molar-refractivity contribution in [3.05, 3.63) is 91.8 Å². The molecule has 0 radical (unpaired) electrons. The number of esters is 1. The molecule has 12 heteroatoms. The van der Waals surface area contributed by atoms with Gasteiger partial charge in [-0.2, -0.15) is 0 Å². The molecule has 9 nitrogen and oxygen atoms in total. The number of hydrogen-bond donors (Lipinski definition) is 1. The van der Waals surface area contributed by atoms with E-state index < -0.39 is 29.6 Å². The monoisotopic (exact) mass is 672 g/mol. The Labute approximate surface area is 260 Å². The van der Waals surface area contributed by atoms with Crippen LogP contribution in [0.1, 0.15) is 34.8 Å². The maximum Gasteiger partial charge on any atom is 0.339 e. The fourth-order valence-electron chi connectivity index (χ4n) is 3.80. The van der Waals surface area contributed by atoms with Crippen molar-refractivity contribution >= 4 is 74.1 Å². The maximum absolute atomic E-state index is 13.0. The Balaban J connectivity index is 1.40. The quantitative estimate of drug-likeness (QED) is 0.172. The molecule has 1 aliphatic rings. The van der Waals surface area contributed by atoms with Crippen LogP contribution >= 0.6 is 39.3 Å². The zero-order valence-electron chi connectivity index (χ0n) is 22.6. The average molecular weight is 674 g/mol. The van der Waals surface area contributed by atoms with E-state index in [1.807, 2.05) is 31.2 Å². The number of nitrogens with one attached hydrogen (secondary N) is 1. The summed E-state index contributed by atoms with van der Waals surface area (Å²) in [6.07, 6.45) is 2.20. The minimum atomic E-state index is -0.623. The third-order valence-corrected chi connectivity index (χ3v) is 7.64. The van der Waals surface area contributed by atoms with Gasteiger partial charge < -0.3 is 19.5 Å². The fraction of sp³-hybridized carbons (Fsp3) is 0.200. The minimum absolute atomic E-state index is 0.0946. The number of hydrogen-bond acceptors (Lipinski definition) is 8. The van der Waals surface area contributed by atoms with Gasteiger partial charge in [0.15, 0.2) is 11.5 Å². The van der Waals surface area contributed by atoms with E-state index >= 15 is 0 Å². The summed E-state index contributed by atoms with van der Waals surface area (Å²) in [6.45, 7) is 1.92. The number of ether oxygens (including phenoxy) is 3. The van der Waals surface area contributed by atoms with E-state index in [9.17, 15) is 19.2 Å². The zero-order valence-corrected chi connectivity index (χ0v) is 25.8. The van der Waals surface area contributed by atoms with Crippen LogP contribution in [0.5, 0.6) is 11.5 Å². The Morgan fingerprint density at radius 2 is 1.81 bits per heavy atom. The molecule has 0 spiro atoms. The van der Waals surface area contributed by atoms with Gasteiger partial charge in [-0.05, 0) is 77.9 Å². The molecule has 3 aromatic rings. The van der Waals surface area contributed by atoms with Crippen LogP contribution in [0.25, 0.3) is 6.08 Å². The summed E-state index contributed by atoms with van der Waals surface area (Å²) in [6, 6.07) is 17.2. The third-order valence-electron chi connectivity index (χ3n) is 5.88. The lowest BCUT2D eigenvalue weighted by Gasteiger charge is -2.13. The second-order valence-electron chi connectivity index (χ2n) is 8.97. The van der Waals surface area contributed by atoms with Crippen molar-refractivity contribution < 1.29 is 33.4 Å². The molecule has 1 fully saturated rings. The Morgan fingerprint density at radius 3 is 2.52 bits per heavy atom. The van der Waals surface area contributed by atoms with Gasteiger partial charge in [0, 0.05) is 10.2 Å². The van der Waals surface area contributed by atoms with E-state index in [1.165, 1.54) is 25.3 Å². The number of anilines is 1. The highest BCUT2D eigenvalue weighted by molar-refractivity contribution is 9.10. The minimum Gasteiger partial charge on any atom is -0.493 e. The summed E-state index contributed by atoms with van der Waals surface area (Å²) in [5, 5.41) is 2.18. The Morgan fingerprint density at radius 1 is 1.05 bits per heavy atom. The molecule has 0 aromatic heterocycles. The first-order valence-electron chi connectivity index (χ1n) is 12.8. The standard InChI is InChI=1S/C30H26BrClN2O7S/c1-3-12-40-29(37)22-15-21(9-10-23(22)32)33-27(35)16-34-28(36)26(42-30(34)38)14-19-6-11-24(25(13-19)39-2)41-17-18-4-7-20(31)8-5-18/h4-11,13-15H,3,12,16-17H2,1-2H3,(H,33,35)/b26-14-. The van der Waals surface area contributed by atoms with Gasteiger partial charge in [0.25, 0.3) is 11.1 Å². The number of thioether (sulfide) groups is 1. The van der Waals surface area contributed by atoms with E-state index in [2.05, 4.69) is 21.2 Å². The summed E-state index contributed by atoms with van der Waals surface area (Å²) in [5.74, 6) is -0.862. The van der Waals surface area contributed by atoms with Gasteiger partial charge >= 0.3 is 5.97 Å². The van der Waals surface area contributed by atoms with Crippen LogP contribution in [-0.2, 0) is 20.9 Å². The largest absolute Gasteiger partial charge is 0.493 e. The van der Waals surface area contributed by atoms with Gasteiger partial charge in [0.05, 0.1) is 29.2 Å². The van der Waals surface area contributed by atoms with E-state index in [4.69, 9.17) is 25.8 Å². The first kappa shape index (κ1) is 31.1. The van der Waals surface area contributed by atoms with Gasteiger partial charge in [-0.15, -0.1) is 0 Å². The van der Waals surface area contributed by atoms with Crippen molar-refractivity contribution in [1.82, 2.24) is 4.90 Å². The first-order valence-corrected chi connectivity index (χ1v) is 14.7. The Bertz CT molecular complexity index is 1550. The molecular weight excluding hydrogens is 648 g/mol. The van der Waals surface area contributed by atoms with Crippen molar-refractivity contribution in [3.8, 4) is 11.5 Å². The van der Waals surface area contributed by atoms with Crippen LogP contribution in [0.3, 0.4) is 0 Å². The lowest BCUT2D eigenvalue weighted by atomic mass is 10.1. The molecule has 1 saturated heterocycles. The number of amides is 3. The number of benzene rings is 3. The molecule has 42 heavy (non-hydrogen) atoms. The zero-order chi connectivity index (χ0) is 30.2. The molecule has 218 valence electrons. The molecule has 3 aromatic carbocycles. The number of carbonyl (C=O) groups excluding carboxylic acids is 4. The first-order chi connectivity index (χ1) is 20.2. The molecule has 0 atom stereocenters. The van der Waals surface area contributed by atoms with E-state index in [-0.39, 0.29) is 27.8 Å². The van der Waals surface area contributed by atoms with Crippen molar-refractivity contribution in [2.45, 2.75) is 20.0 Å². The molecule has 1 N–H and O–H groups in total. The second kappa shape index (κ2) is 14.4. The summed E-state index contributed by atoms with van der Waals surface area (Å²) in [7, 11) is 1.51. The maximum atomic E-state index is 13.0. The highest BCUT2D eigenvalue weighted by atomic mass is 79.9. The highest BCUT2D eigenvalue weighted by Crippen LogP contribution is 2.35. The number of halogens is 2. The summed E-state index contributed by atoms with van der Waals surface area (Å²) >= 11 is 10.2. The van der Waals surface area contributed by atoms with Crippen LogP contribution in [0.4, 0.5) is 10.5 Å². The van der Waals surface area contributed by atoms with Gasteiger partial charge in [-0.25, -0.2) is 4.79 Å². The van der Waals surface area contributed by atoms with Crippen molar-refractivity contribution in [1.29, 1.82) is 0 Å². The molecule has 0 unspecified atom stereocenters. The molecule has 0 aliphatic carbocycles. The van der Waals surface area contributed by atoms with Gasteiger partial charge in [0.2, 0.25) is 5.91 Å². The summed E-state index contributed by atoms with van der Waals surface area (Å²) in [5.41, 5.74) is 1.96. The van der Waals surface area contributed by atoms with E-state index in [0.29, 0.717) is 30.1 Å². The van der Waals surface area contributed by atoms with Crippen molar-refractivity contribution in [2.24, 2.45) is 0 Å². The number of imide groups is 1. The predicted molar refractivity (Wildman–Crippen MR) is 165 cm³/mol. The molecule has 0 saturated carbocycles. The Kier molecular flexibility index (Phi) is 10.7. The SMILES string of the molecule is CCCOC(=O)c1cc(NC(=O)CN2C(=O)S/C(=C\c3ccc(OCc4ccc(Br)cc4)c(OC)c3)C2=O)ccc1Cl. The molecule has 4 rings (SSSR count). The van der Waals surface area contributed by atoms with Gasteiger partial charge in [-0.1, -0.05) is 52.7 Å². The predicted octanol–water partition coefficient (Wildman–Crippen LogP) is 6.93. The van der Waals surface area contributed by atoms with E-state index in [1.54, 1.807) is 24.3 Å². The van der Waals surface area contributed by atoms with Crippen LogP contribution in [0.2, 0.25) is 5.02 Å². The molecule has 1 heterocycles. The molecule has 3 amide bonds. The summed E-state index contributed by atoms with van der Waals surface area (Å²) in [4.78, 5) is 51.5. The van der Waals surface area contributed by atoms with Crippen molar-refractivity contribution in [3.63, 3.8) is 0 Å². The van der Waals surface area contributed by atoms with Crippen molar-refractivity contribution in [2.75, 3.05) is 25.6 Å². The van der Waals surface area contributed by atoms with Crippen LogP contribution in [0, 0.1) is 0 Å². The molecule has 1 aliphatic heterocycles. The Hall–Kier alpha value is -3.80. The normalized spacial score (nSPS) is 13.8. The number of rotatable bonds is 11. The molecular formula is C30H26BrClN2O7S. The van der Waals surface area contributed by atoms with Gasteiger partial charge in [-0.3, -0.25) is 19.3 Å². The van der Waals surface area contributed by atoms with Crippen LogP contribution in [0.15, 0.2) is 70.0 Å². The smallest absolute Gasteiger partial charge is 0.339 e. The lowest BCUT2D eigenvalue weighted by Crippen LogP contribution is -2.36. The van der Waals surface area contributed by atoms with Crippen LogP contribution in [-0.4, -0.2) is 48.2 Å². The second-order valence-corrected chi connectivity index (χ2v) is 11.3. The average Bonchev–Trinajstić information content (AvgIpc) is 3.23. The number of carbonyl (C=O) groups is 4. The topological polar surface area (TPSA) is 111 Å². The number of methoxy groups -OCH3 is 1.